The Morgan fingerprint density at radius 2 is 1.94 bits per heavy atom. The summed E-state index contributed by atoms with van der Waals surface area (Å²) in [6.45, 7) is 1.58. The zero-order chi connectivity index (χ0) is 12.8. The van der Waals surface area contributed by atoms with E-state index in [0.29, 0.717) is 11.3 Å². The summed E-state index contributed by atoms with van der Waals surface area (Å²) in [4.78, 5) is 21.8. The summed E-state index contributed by atoms with van der Waals surface area (Å²) >= 11 is 0. The molecule has 1 atom stereocenters. The second-order valence-corrected chi connectivity index (χ2v) is 3.42. The number of nitrogens with one attached hydrogen (secondary N) is 1. The minimum absolute atomic E-state index is 0.497. The SMILES string of the molecule is CC(C(=O)O)c1ccc(NC(=O)C=NO)cc1. The number of rotatable bonds is 4. The lowest BCUT2D eigenvalue weighted by Crippen LogP contribution is -2.13. The van der Waals surface area contributed by atoms with Crippen LogP contribution < -0.4 is 5.32 Å². The van der Waals surface area contributed by atoms with Crippen molar-refractivity contribution in [2.75, 3.05) is 5.32 Å². The molecule has 0 fully saturated rings. The summed E-state index contributed by atoms with van der Waals surface area (Å²) in [5.74, 6) is -2.07. The van der Waals surface area contributed by atoms with Gasteiger partial charge < -0.3 is 15.6 Å². The number of nitrogens with zero attached hydrogens (tertiary/aromatic N) is 1. The molecule has 6 heteroatoms. The number of carboxylic acid groups (broad SMARTS) is 1. The van der Waals surface area contributed by atoms with E-state index in [1.165, 1.54) is 0 Å². The van der Waals surface area contributed by atoms with Gasteiger partial charge in [0, 0.05) is 5.69 Å². The number of carboxylic acids is 1. The summed E-state index contributed by atoms with van der Waals surface area (Å²) in [5, 5.41) is 22.0. The summed E-state index contributed by atoms with van der Waals surface area (Å²) in [7, 11) is 0. The van der Waals surface area contributed by atoms with Gasteiger partial charge >= 0.3 is 5.97 Å². The normalized spacial score (nSPS) is 12.3. The van der Waals surface area contributed by atoms with Gasteiger partial charge in [-0.05, 0) is 24.6 Å². The number of hydrogen-bond acceptors (Lipinski definition) is 4. The summed E-state index contributed by atoms with van der Waals surface area (Å²) in [5.41, 5.74) is 1.14. The summed E-state index contributed by atoms with van der Waals surface area (Å²) < 4.78 is 0. The highest BCUT2D eigenvalue weighted by Gasteiger charge is 2.13. The topological polar surface area (TPSA) is 99.0 Å². The van der Waals surface area contributed by atoms with E-state index >= 15 is 0 Å². The second-order valence-electron chi connectivity index (χ2n) is 3.42. The van der Waals surface area contributed by atoms with Crippen molar-refractivity contribution >= 4 is 23.8 Å². The van der Waals surface area contributed by atoms with Gasteiger partial charge in [-0.3, -0.25) is 9.59 Å². The van der Waals surface area contributed by atoms with Crippen molar-refractivity contribution < 1.29 is 19.9 Å². The number of amides is 1. The third-order valence-electron chi connectivity index (χ3n) is 2.22. The lowest BCUT2D eigenvalue weighted by Gasteiger charge is -2.07. The molecule has 0 bridgehead atoms. The molecular formula is C11H12N2O4. The molecule has 0 aliphatic carbocycles. The zero-order valence-corrected chi connectivity index (χ0v) is 9.12. The fourth-order valence-corrected chi connectivity index (χ4v) is 1.22. The summed E-state index contributed by atoms with van der Waals surface area (Å²) in [6, 6.07) is 6.39. The van der Waals surface area contributed by atoms with E-state index in [2.05, 4.69) is 10.5 Å². The first-order valence-electron chi connectivity index (χ1n) is 4.85. The van der Waals surface area contributed by atoms with E-state index in [1.807, 2.05) is 0 Å². The van der Waals surface area contributed by atoms with E-state index in [0.717, 1.165) is 6.21 Å². The molecule has 1 amide bonds. The van der Waals surface area contributed by atoms with Crippen molar-refractivity contribution in [2.24, 2.45) is 5.16 Å². The van der Waals surface area contributed by atoms with Crippen LogP contribution in [0.2, 0.25) is 0 Å². The Labute approximate surface area is 97.6 Å². The van der Waals surface area contributed by atoms with Crippen LogP contribution >= 0.6 is 0 Å². The number of aliphatic carboxylic acids is 1. The molecule has 0 spiro atoms. The average molecular weight is 236 g/mol. The lowest BCUT2D eigenvalue weighted by atomic mass is 10.0. The molecule has 0 aliphatic heterocycles. The van der Waals surface area contributed by atoms with Crippen LogP contribution in [0.4, 0.5) is 5.69 Å². The maximum absolute atomic E-state index is 11.0. The Morgan fingerprint density at radius 1 is 1.35 bits per heavy atom. The third-order valence-corrected chi connectivity index (χ3v) is 2.22. The van der Waals surface area contributed by atoms with E-state index < -0.39 is 17.8 Å². The molecule has 90 valence electrons. The number of carbonyl (C=O) groups excluding carboxylic acids is 1. The average Bonchev–Trinajstić information content (AvgIpc) is 2.29. The number of oxime groups is 1. The minimum atomic E-state index is -0.908. The van der Waals surface area contributed by atoms with Crippen LogP contribution in [-0.4, -0.2) is 28.4 Å². The predicted molar refractivity (Wildman–Crippen MR) is 61.4 cm³/mol. The lowest BCUT2D eigenvalue weighted by molar-refractivity contribution is -0.138. The molecular weight excluding hydrogens is 224 g/mol. The van der Waals surface area contributed by atoms with Crippen molar-refractivity contribution in [3.8, 4) is 0 Å². The van der Waals surface area contributed by atoms with Crippen molar-refractivity contribution in [1.29, 1.82) is 0 Å². The standard InChI is InChI=1S/C11H12N2O4/c1-7(11(15)16)8-2-4-9(5-3-8)13-10(14)6-12-17/h2-7,17H,1H3,(H,13,14)(H,15,16). The van der Waals surface area contributed by atoms with E-state index in [4.69, 9.17) is 10.3 Å². The Morgan fingerprint density at radius 3 is 2.41 bits per heavy atom. The first-order chi connectivity index (χ1) is 8.04. The maximum atomic E-state index is 11.0. The molecule has 1 aromatic carbocycles. The van der Waals surface area contributed by atoms with Crippen LogP contribution in [0.1, 0.15) is 18.4 Å². The quantitative estimate of drug-likeness (QED) is 0.416. The fraction of sp³-hybridized carbons (Fsp3) is 0.182. The monoisotopic (exact) mass is 236 g/mol. The van der Waals surface area contributed by atoms with Crippen LogP contribution in [0.5, 0.6) is 0 Å². The first kappa shape index (κ1) is 12.7. The molecule has 0 aliphatic rings. The number of hydrogen-bond donors (Lipinski definition) is 3. The Kier molecular flexibility index (Phi) is 4.21. The molecule has 0 aromatic heterocycles. The van der Waals surface area contributed by atoms with Crippen LogP contribution in [0.25, 0.3) is 0 Å². The number of benzene rings is 1. The third kappa shape index (κ3) is 3.60. The van der Waals surface area contributed by atoms with E-state index in [-0.39, 0.29) is 0 Å². The van der Waals surface area contributed by atoms with Gasteiger partial charge in [0.05, 0.1) is 5.92 Å². The van der Waals surface area contributed by atoms with Crippen LogP contribution in [-0.2, 0) is 9.59 Å². The van der Waals surface area contributed by atoms with Gasteiger partial charge in [0.2, 0.25) is 0 Å². The summed E-state index contributed by atoms with van der Waals surface area (Å²) in [6.07, 6.45) is 0.730. The van der Waals surface area contributed by atoms with E-state index in [9.17, 15) is 9.59 Å². The van der Waals surface area contributed by atoms with Crippen molar-refractivity contribution in [3.05, 3.63) is 29.8 Å². The minimum Gasteiger partial charge on any atom is -0.481 e. The molecule has 0 saturated carbocycles. The van der Waals surface area contributed by atoms with Crippen molar-refractivity contribution in [3.63, 3.8) is 0 Å². The predicted octanol–water partition coefficient (Wildman–Crippen LogP) is 1.27. The fourth-order valence-electron chi connectivity index (χ4n) is 1.22. The zero-order valence-electron chi connectivity index (χ0n) is 9.12. The molecule has 1 aromatic rings. The molecule has 1 unspecified atom stereocenters. The number of carbonyl (C=O) groups is 2. The molecule has 0 saturated heterocycles. The Balaban J connectivity index is 2.74. The molecule has 17 heavy (non-hydrogen) atoms. The molecule has 6 nitrogen and oxygen atoms in total. The Hall–Kier alpha value is -2.37. The molecule has 0 heterocycles. The van der Waals surface area contributed by atoms with Gasteiger partial charge in [-0.2, -0.15) is 0 Å². The maximum Gasteiger partial charge on any atom is 0.310 e. The highest BCUT2D eigenvalue weighted by Crippen LogP contribution is 2.17. The van der Waals surface area contributed by atoms with Crippen molar-refractivity contribution in [2.45, 2.75) is 12.8 Å². The van der Waals surface area contributed by atoms with Gasteiger partial charge in [0.15, 0.2) is 0 Å². The van der Waals surface area contributed by atoms with Gasteiger partial charge in [-0.15, -0.1) is 0 Å². The molecule has 0 radical (unpaired) electrons. The Bertz CT molecular complexity index is 439. The van der Waals surface area contributed by atoms with Gasteiger partial charge in [-0.25, -0.2) is 0 Å². The van der Waals surface area contributed by atoms with Crippen molar-refractivity contribution in [1.82, 2.24) is 0 Å². The van der Waals surface area contributed by atoms with Gasteiger partial charge in [0.25, 0.3) is 5.91 Å². The second kappa shape index (κ2) is 5.64. The van der Waals surface area contributed by atoms with Crippen LogP contribution in [0, 0.1) is 0 Å². The highest BCUT2D eigenvalue weighted by atomic mass is 16.4. The highest BCUT2D eigenvalue weighted by molar-refractivity contribution is 6.31. The largest absolute Gasteiger partial charge is 0.481 e. The smallest absolute Gasteiger partial charge is 0.310 e. The first-order valence-corrected chi connectivity index (χ1v) is 4.85. The van der Waals surface area contributed by atoms with Crippen LogP contribution in [0.3, 0.4) is 0 Å². The van der Waals surface area contributed by atoms with Crippen LogP contribution in [0.15, 0.2) is 29.4 Å². The number of anilines is 1. The van der Waals surface area contributed by atoms with Gasteiger partial charge in [0.1, 0.15) is 6.21 Å². The molecule has 1 rings (SSSR count). The van der Waals surface area contributed by atoms with E-state index in [1.54, 1.807) is 31.2 Å². The molecule has 3 N–H and O–H groups in total. The van der Waals surface area contributed by atoms with Gasteiger partial charge in [-0.1, -0.05) is 17.3 Å².